The smallest absolute Gasteiger partial charge is 0.122 e. The van der Waals surface area contributed by atoms with Gasteiger partial charge in [-0.15, -0.1) is 0 Å². The third-order valence-corrected chi connectivity index (χ3v) is 2.93. The average Bonchev–Trinajstić information content (AvgIpc) is 2.20. The Morgan fingerprint density at radius 1 is 1.12 bits per heavy atom. The fraction of sp³-hybridized carbons (Fsp3) is 0.571. The van der Waals surface area contributed by atoms with Gasteiger partial charge in [0.25, 0.3) is 0 Å². The Morgan fingerprint density at radius 2 is 1.75 bits per heavy atom. The quantitative estimate of drug-likeness (QED) is 0.847. The maximum Gasteiger partial charge on any atom is 0.122 e. The number of aryl methyl sites for hydroxylation is 1. The molecule has 0 bridgehead atoms. The van der Waals surface area contributed by atoms with Crippen molar-refractivity contribution in [3.8, 4) is 5.75 Å². The normalized spacial score (nSPS) is 14.9. The van der Waals surface area contributed by atoms with E-state index in [-0.39, 0.29) is 12.1 Å². The average molecular weight is 221 g/mol. The van der Waals surface area contributed by atoms with Crippen molar-refractivity contribution in [2.75, 3.05) is 0 Å². The first kappa shape index (κ1) is 13.0. The van der Waals surface area contributed by atoms with Crippen LogP contribution in [0.1, 0.15) is 44.7 Å². The van der Waals surface area contributed by atoms with E-state index in [1.165, 1.54) is 5.56 Å². The number of rotatable bonds is 4. The van der Waals surface area contributed by atoms with Gasteiger partial charge >= 0.3 is 0 Å². The molecule has 1 aromatic carbocycles. The lowest BCUT2D eigenvalue weighted by Crippen LogP contribution is -2.33. The number of benzene rings is 1. The van der Waals surface area contributed by atoms with Gasteiger partial charge in [-0.2, -0.15) is 0 Å². The zero-order valence-corrected chi connectivity index (χ0v) is 10.9. The first-order valence-corrected chi connectivity index (χ1v) is 5.94. The molecule has 1 aromatic rings. The maximum absolute atomic E-state index is 5.87. The molecule has 16 heavy (non-hydrogen) atoms. The van der Waals surface area contributed by atoms with Crippen LogP contribution in [0.5, 0.6) is 5.75 Å². The summed E-state index contributed by atoms with van der Waals surface area (Å²) in [6.07, 6.45) is 0.0427. The molecule has 0 aromatic heterocycles. The molecule has 0 amide bonds. The molecule has 0 aliphatic rings. The van der Waals surface area contributed by atoms with Crippen molar-refractivity contribution in [3.63, 3.8) is 0 Å². The molecule has 1 rings (SSSR count). The Morgan fingerprint density at radius 3 is 2.25 bits per heavy atom. The van der Waals surface area contributed by atoms with Crippen LogP contribution < -0.4 is 10.5 Å². The lowest BCUT2D eigenvalue weighted by atomic mass is 10.0. The minimum absolute atomic E-state index is 0.0427. The lowest BCUT2D eigenvalue weighted by Gasteiger charge is -2.20. The van der Waals surface area contributed by atoms with Crippen molar-refractivity contribution in [2.24, 2.45) is 5.73 Å². The zero-order chi connectivity index (χ0) is 12.3. The Hall–Kier alpha value is -1.02. The van der Waals surface area contributed by atoms with Crippen molar-refractivity contribution in [1.82, 2.24) is 0 Å². The van der Waals surface area contributed by atoms with Crippen LogP contribution in [-0.2, 0) is 0 Å². The molecular weight excluding hydrogens is 198 g/mol. The Balaban J connectivity index is 2.90. The van der Waals surface area contributed by atoms with Gasteiger partial charge in [-0.05, 0) is 43.9 Å². The predicted octanol–water partition coefficient (Wildman–Crippen LogP) is 3.23. The molecule has 1 unspecified atom stereocenters. The Labute approximate surface area is 98.8 Å². The van der Waals surface area contributed by atoms with E-state index in [1.807, 2.05) is 13.8 Å². The van der Waals surface area contributed by atoms with Gasteiger partial charge < -0.3 is 10.5 Å². The van der Waals surface area contributed by atoms with Crippen LogP contribution in [0.2, 0.25) is 0 Å². The molecule has 0 fully saturated rings. The molecule has 0 saturated heterocycles. The van der Waals surface area contributed by atoms with E-state index in [0.717, 1.165) is 11.3 Å². The summed E-state index contributed by atoms with van der Waals surface area (Å²) in [5.41, 5.74) is 8.27. The van der Waals surface area contributed by atoms with Crippen LogP contribution in [-0.4, -0.2) is 12.1 Å². The van der Waals surface area contributed by atoms with Gasteiger partial charge in [0.15, 0.2) is 0 Å². The molecule has 2 atom stereocenters. The van der Waals surface area contributed by atoms with Gasteiger partial charge in [-0.25, -0.2) is 0 Å². The second kappa shape index (κ2) is 5.35. The molecule has 2 N–H and O–H groups in total. The standard InChI is InChI=1S/C14H23NO/c1-9(2)13-7-6-10(3)14(8-13)16-12(5)11(4)15/h6-9,11-12H,15H2,1-5H3/t11-,12?/m0/s1. The summed E-state index contributed by atoms with van der Waals surface area (Å²) in [4.78, 5) is 0. The highest BCUT2D eigenvalue weighted by Gasteiger charge is 2.11. The topological polar surface area (TPSA) is 35.2 Å². The maximum atomic E-state index is 5.87. The molecule has 2 heteroatoms. The van der Waals surface area contributed by atoms with Gasteiger partial charge in [0.1, 0.15) is 11.9 Å². The second-order valence-corrected chi connectivity index (χ2v) is 4.86. The summed E-state index contributed by atoms with van der Waals surface area (Å²) in [5.74, 6) is 1.48. The van der Waals surface area contributed by atoms with E-state index in [2.05, 4.69) is 39.0 Å². The highest BCUT2D eigenvalue weighted by atomic mass is 16.5. The number of hydrogen-bond donors (Lipinski definition) is 1. The summed E-state index contributed by atoms with van der Waals surface area (Å²) in [5, 5.41) is 0. The van der Waals surface area contributed by atoms with Crippen LogP contribution in [0.3, 0.4) is 0 Å². The number of nitrogens with two attached hydrogens (primary N) is 1. The largest absolute Gasteiger partial charge is 0.489 e. The SMILES string of the molecule is Cc1ccc(C(C)C)cc1OC(C)[C@H](C)N. The fourth-order valence-electron chi connectivity index (χ4n) is 1.41. The third kappa shape index (κ3) is 3.24. The zero-order valence-electron chi connectivity index (χ0n) is 10.9. The Kier molecular flexibility index (Phi) is 4.36. The Bertz CT molecular complexity index is 345. The van der Waals surface area contributed by atoms with Gasteiger partial charge in [0.05, 0.1) is 0 Å². The molecule has 0 radical (unpaired) electrons. The highest BCUT2D eigenvalue weighted by molar-refractivity contribution is 5.37. The van der Waals surface area contributed by atoms with Crippen molar-refractivity contribution in [3.05, 3.63) is 29.3 Å². The van der Waals surface area contributed by atoms with Crippen molar-refractivity contribution >= 4 is 0 Å². The van der Waals surface area contributed by atoms with Crippen LogP contribution in [0.4, 0.5) is 0 Å². The highest BCUT2D eigenvalue weighted by Crippen LogP contribution is 2.25. The van der Waals surface area contributed by atoms with E-state index < -0.39 is 0 Å². The molecule has 90 valence electrons. The molecule has 0 spiro atoms. The van der Waals surface area contributed by atoms with E-state index in [9.17, 15) is 0 Å². The summed E-state index contributed by atoms with van der Waals surface area (Å²) in [7, 11) is 0. The summed E-state index contributed by atoms with van der Waals surface area (Å²) in [6, 6.07) is 6.43. The molecule has 0 aliphatic heterocycles. The van der Waals surface area contributed by atoms with Crippen LogP contribution in [0.25, 0.3) is 0 Å². The summed E-state index contributed by atoms with van der Waals surface area (Å²) < 4.78 is 5.87. The second-order valence-electron chi connectivity index (χ2n) is 4.86. The van der Waals surface area contributed by atoms with E-state index >= 15 is 0 Å². The van der Waals surface area contributed by atoms with E-state index in [1.54, 1.807) is 0 Å². The monoisotopic (exact) mass is 221 g/mol. The van der Waals surface area contributed by atoms with Crippen molar-refractivity contribution < 1.29 is 4.74 Å². The van der Waals surface area contributed by atoms with Gasteiger partial charge in [-0.1, -0.05) is 26.0 Å². The first-order valence-electron chi connectivity index (χ1n) is 5.94. The third-order valence-electron chi connectivity index (χ3n) is 2.93. The molecule has 2 nitrogen and oxygen atoms in total. The van der Waals surface area contributed by atoms with Crippen LogP contribution in [0, 0.1) is 6.92 Å². The summed E-state index contributed by atoms with van der Waals surface area (Å²) in [6.45, 7) is 10.4. The van der Waals surface area contributed by atoms with Crippen LogP contribution >= 0.6 is 0 Å². The minimum atomic E-state index is 0.0427. The fourth-order valence-corrected chi connectivity index (χ4v) is 1.41. The lowest BCUT2D eigenvalue weighted by molar-refractivity contribution is 0.195. The predicted molar refractivity (Wildman–Crippen MR) is 69.0 cm³/mol. The van der Waals surface area contributed by atoms with E-state index in [4.69, 9.17) is 10.5 Å². The van der Waals surface area contributed by atoms with Gasteiger partial charge in [0, 0.05) is 6.04 Å². The summed E-state index contributed by atoms with van der Waals surface area (Å²) >= 11 is 0. The molecular formula is C14H23NO. The van der Waals surface area contributed by atoms with Crippen molar-refractivity contribution in [1.29, 1.82) is 0 Å². The van der Waals surface area contributed by atoms with Crippen molar-refractivity contribution in [2.45, 2.75) is 52.7 Å². The number of ether oxygens (including phenoxy) is 1. The van der Waals surface area contributed by atoms with Crippen LogP contribution in [0.15, 0.2) is 18.2 Å². The minimum Gasteiger partial charge on any atom is -0.489 e. The van der Waals surface area contributed by atoms with E-state index in [0.29, 0.717) is 5.92 Å². The van der Waals surface area contributed by atoms with Gasteiger partial charge in [0.2, 0.25) is 0 Å². The first-order chi connectivity index (χ1) is 7.41. The molecule has 0 saturated carbocycles. The molecule has 0 heterocycles. The van der Waals surface area contributed by atoms with Gasteiger partial charge in [-0.3, -0.25) is 0 Å². The number of hydrogen-bond acceptors (Lipinski definition) is 2. The molecule has 0 aliphatic carbocycles.